The Hall–Kier alpha value is -1.09. The zero-order valence-corrected chi connectivity index (χ0v) is 7.77. The van der Waals surface area contributed by atoms with E-state index in [1.807, 2.05) is 18.5 Å². The van der Waals surface area contributed by atoms with Crippen LogP contribution in [0.25, 0.3) is 5.57 Å². The first-order chi connectivity index (χ1) is 6.31. The molecule has 3 heteroatoms. The number of nitrogens with zero attached hydrogens (tertiary/aromatic N) is 2. The fourth-order valence-electron chi connectivity index (χ4n) is 1.74. The van der Waals surface area contributed by atoms with E-state index in [2.05, 4.69) is 16.5 Å². The number of imidazole rings is 1. The number of allylic oxidation sites excluding steroid dienone is 1. The molecule has 1 heterocycles. The van der Waals surface area contributed by atoms with E-state index in [9.17, 15) is 5.11 Å². The third-order valence-corrected chi connectivity index (χ3v) is 2.45. The Morgan fingerprint density at radius 2 is 2.54 bits per heavy atom. The summed E-state index contributed by atoms with van der Waals surface area (Å²) in [6.07, 6.45) is 7.21. The Bertz CT molecular complexity index is 327. The van der Waals surface area contributed by atoms with Crippen molar-refractivity contribution in [3.63, 3.8) is 0 Å². The number of aliphatic hydroxyl groups is 1. The molecule has 1 aliphatic rings. The van der Waals surface area contributed by atoms with E-state index in [0.29, 0.717) is 0 Å². The van der Waals surface area contributed by atoms with Gasteiger partial charge in [0.15, 0.2) is 0 Å². The lowest BCUT2D eigenvalue weighted by molar-refractivity contribution is 0.223. The van der Waals surface area contributed by atoms with Crippen molar-refractivity contribution in [3.05, 3.63) is 24.3 Å². The number of hydrogen-bond donors (Lipinski definition) is 1. The minimum absolute atomic E-state index is 0.267. The molecular formula is C10H14N2O. The fraction of sp³-hybridized carbons (Fsp3) is 0.500. The van der Waals surface area contributed by atoms with Gasteiger partial charge in [0.2, 0.25) is 0 Å². The lowest BCUT2D eigenvalue weighted by Crippen LogP contribution is -1.98. The number of hydrogen-bond acceptors (Lipinski definition) is 2. The second-order valence-corrected chi connectivity index (χ2v) is 3.33. The Balaban J connectivity index is 2.30. The molecule has 0 bridgehead atoms. The molecule has 0 radical (unpaired) electrons. The Morgan fingerprint density at radius 1 is 1.69 bits per heavy atom. The van der Waals surface area contributed by atoms with Crippen LogP contribution in [-0.2, 0) is 6.54 Å². The highest BCUT2D eigenvalue weighted by atomic mass is 16.3. The molecule has 1 atom stereocenters. The molecule has 3 nitrogen and oxygen atoms in total. The summed E-state index contributed by atoms with van der Waals surface area (Å²) >= 11 is 0. The first-order valence-electron chi connectivity index (χ1n) is 4.71. The highest BCUT2D eigenvalue weighted by Crippen LogP contribution is 2.26. The van der Waals surface area contributed by atoms with E-state index in [0.717, 1.165) is 25.2 Å². The predicted molar refractivity (Wildman–Crippen MR) is 51.1 cm³/mol. The maximum absolute atomic E-state index is 9.35. The molecule has 0 aliphatic heterocycles. The maximum atomic E-state index is 9.35. The molecule has 0 saturated carbocycles. The van der Waals surface area contributed by atoms with Gasteiger partial charge >= 0.3 is 0 Å². The molecule has 0 saturated heterocycles. The third-order valence-electron chi connectivity index (χ3n) is 2.45. The van der Waals surface area contributed by atoms with Crippen molar-refractivity contribution in [1.29, 1.82) is 0 Å². The van der Waals surface area contributed by atoms with E-state index in [1.165, 1.54) is 5.57 Å². The third kappa shape index (κ3) is 1.52. The molecule has 13 heavy (non-hydrogen) atoms. The van der Waals surface area contributed by atoms with Crippen LogP contribution in [0.2, 0.25) is 0 Å². The SMILES string of the molecule is CCn1ccnc1C1=CC(O)CC1. The van der Waals surface area contributed by atoms with E-state index < -0.39 is 0 Å². The largest absolute Gasteiger partial charge is 0.389 e. The van der Waals surface area contributed by atoms with Gasteiger partial charge in [-0.2, -0.15) is 0 Å². The molecule has 1 unspecified atom stereocenters. The van der Waals surface area contributed by atoms with Crippen molar-refractivity contribution in [1.82, 2.24) is 9.55 Å². The topological polar surface area (TPSA) is 38.0 Å². The van der Waals surface area contributed by atoms with Gasteiger partial charge in [-0.25, -0.2) is 4.98 Å². The van der Waals surface area contributed by atoms with Gasteiger partial charge in [0.25, 0.3) is 0 Å². The smallest absolute Gasteiger partial charge is 0.135 e. The summed E-state index contributed by atoms with van der Waals surface area (Å²) in [5.41, 5.74) is 1.18. The zero-order valence-electron chi connectivity index (χ0n) is 7.77. The van der Waals surface area contributed by atoms with Crippen molar-refractivity contribution in [2.24, 2.45) is 0 Å². The van der Waals surface area contributed by atoms with Gasteiger partial charge in [0.1, 0.15) is 5.82 Å². The van der Waals surface area contributed by atoms with Crippen molar-refractivity contribution in [2.45, 2.75) is 32.4 Å². The zero-order chi connectivity index (χ0) is 9.26. The second kappa shape index (κ2) is 3.34. The monoisotopic (exact) mass is 178 g/mol. The molecule has 0 aromatic carbocycles. The summed E-state index contributed by atoms with van der Waals surface area (Å²) < 4.78 is 2.10. The standard InChI is InChI=1S/C10H14N2O/c1-2-12-6-5-11-10(12)8-3-4-9(13)7-8/h5-7,9,13H,2-4H2,1H3. The van der Waals surface area contributed by atoms with Crippen LogP contribution in [0.1, 0.15) is 25.6 Å². The Morgan fingerprint density at radius 3 is 3.15 bits per heavy atom. The summed E-state index contributed by atoms with van der Waals surface area (Å²) in [6, 6.07) is 0. The van der Waals surface area contributed by atoms with Crippen LogP contribution in [0.4, 0.5) is 0 Å². The number of aliphatic hydroxyl groups excluding tert-OH is 1. The molecule has 70 valence electrons. The minimum Gasteiger partial charge on any atom is -0.389 e. The van der Waals surface area contributed by atoms with Gasteiger partial charge in [-0.05, 0) is 31.4 Å². The Kier molecular flexibility index (Phi) is 2.19. The average Bonchev–Trinajstić information content (AvgIpc) is 2.71. The minimum atomic E-state index is -0.267. The number of aromatic nitrogens is 2. The predicted octanol–water partition coefficient (Wildman–Crippen LogP) is 1.44. The molecule has 0 fully saturated rings. The van der Waals surface area contributed by atoms with Crippen LogP contribution in [0.5, 0.6) is 0 Å². The second-order valence-electron chi connectivity index (χ2n) is 3.33. The number of aryl methyl sites for hydroxylation is 1. The van der Waals surface area contributed by atoms with Crippen LogP contribution in [0, 0.1) is 0 Å². The van der Waals surface area contributed by atoms with Crippen LogP contribution >= 0.6 is 0 Å². The molecule has 0 amide bonds. The molecule has 0 spiro atoms. The van der Waals surface area contributed by atoms with E-state index in [4.69, 9.17) is 0 Å². The molecule has 2 rings (SSSR count). The summed E-state index contributed by atoms with van der Waals surface area (Å²) in [6.45, 7) is 3.03. The summed E-state index contributed by atoms with van der Waals surface area (Å²) in [7, 11) is 0. The number of rotatable bonds is 2. The van der Waals surface area contributed by atoms with Crippen molar-refractivity contribution < 1.29 is 5.11 Å². The van der Waals surface area contributed by atoms with Crippen LogP contribution < -0.4 is 0 Å². The molecular weight excluding hydrogens is 164 g/mol. The van der Waals surface area contributed by atoms with E-state index in [-0.39, 0.29) is 6.10 Å². The normalized spacial score (nSPS) is 22.0. The Labute approximate surface area is 77.7 Å². The van der Waals surface area contributed by atoms with Crippen LogP contribution in [0.15, 0.2) is 18.5 Å². The lowest BCUT2D eigenvalue weighted by Gasteiger charge is -2.03. The van der Waals surface area contributed by atoms with Crippen molar-refractivity contribution in [2.75, 3.05) is 0 Å². The highest BCUT2D eigenvalue weighted by Gasteiger charge is 2.17. The van der Waals surface area contributed by atoms with Crippen molar-refractivity contribution >= 4 is 5.57 Å². The van der Waals surface area contributed by atoms with Crippen LogP contribution in [-0.4, -0.2) is 20.8 Å². The fourth-order valence-corrected chi connectivity index (χ4v) is 1.74. The first kappa shape index (κ1) is 8.51. The lowest BCUT2D eigenvalue weighted by atomic mass is 10.2. The van der Waals surface area contributed by atoms with Crippen LogP contribution in [0.3, 0.4) is 0 Å². The van der Waals surface area contributed by atoms with Gasteiger partial charge in [-0.15, -0.1) is 0 Å². The quantitative estimate of drug-likeness (QED) is 0.744. The average molecular weight is 178 g/mol. The summed E-state index contributed by atoms with van der Waals surface area (Å²) in [5.74, 6) is 1.01. The summed E-state index contributed by atoms with van der Waals surface area (Å²) in [4.78, 5) is 4.29. The van der Waals surface area contributed by atoms with E-state index >= 15 is 0 Å². The van der Waals surface area contributed by atoms with Gasteiger partial charge in [0.05, 0.1) is 6.10 Å². The van der Waals surface area contributed by atoms with Gasteiger partial charge in [0, 0.05) is 18.9 Å². The molecule has 1 N–H and O–H groups in total. The van der Waals surface area contributed by atoms with Crippen molar-refractivity contribution in [3.8, 4) is 0 Å². The molecule has 1 aromatic heterocycles. The van der Waals surface area contributed by atoms with Gasteiger partial charge < -0.3 is 9.67 Å². The highest BCUT2D eigenvalue weighted by molar-refractivity contribution is 5.63. The van der Waals surface area contributed by atoms with Gasteiger partial charge in [-0.3, -0.25) is 0 Å². The molecule has 1 aromatic rings. The maximum Gasteiger partial charge on any atom is 0.135 e. The van der Waals surface area contributed by atoms with Gasteiger partial charge in [-0.1, -0.05) is 0 Å². The molecule has 1 aliphatic carbocycles. The van der Waals surface area contributed by atoms with E-state index in [1.54, 1.807) is 0 Å². The summed E-state index contributed by atoms with van der Waals surface area (Å²) in [5, 5.41) is 9.35. The first-order valence-corrected chi connectivity index (χ1v) is 4.71.